The molecule has 18 heavy (non-hydrogen) atoms. The summed E-state index contributed by atoms with van der Waals surface area (Å²) in [6.45, 7) is 3.20. The monoisotopic (exact) mass is 266 g/mol. The molecule has 2 rings (SSSR count). The van der Waals surface area contributed by atoms with Gasteiger partial charge in [-0.25, -0.2) is 9.97 Å². The number of aliphatic hydroxyl groups excluding tert-OH is 1. The number of nitrogens with zero attached hydrogens (tertiary/aromatic N) is 4. The van der Waals surface area contributed by atoms with Crippen molar-refractivity contribution >= 4 is 27.6 Å². The summed E-state index contributed by atoms with van der Waals surface area (Å²) in [5, 5.41) is 9.82. The first-order chi connectivity index (χ1) is 8.74. The summed E-state index contributed by atoms with van der Waals surface area (Å²) in [5.74, 6) is 0.954. The fraction of sp³-hybridized carbons (Fsp3) is 0.583. The number of rotatable bonds is 6. The predicted octanol–water partition coefficient (Wildman–Crippen LogP) is 1.99. The van der Waals surface area contributed by atoms with Crippen molar-refractivity contribution in [3.63, 3.8) is 0 Å². The molecular formula is C12H18N4OS. The maximum absolute atomic E-state index is 8.76. The number of fused-ring (bicyclic) bond motifs is 1. The molecule has 2 aromatic rings. The van der Waals surface area contributed by atoms with Gasteiger partial charge in [-0.3, -0.25) is 0 Å². The summed E-state index contributed by atoms with van der Waals surface area (Å²) in [6.07, 6.45) is 4.56. The van der Waals surface area contributed by atoms with Gasteiger partial charge in [0.15, 0.2) is 0 Å². The zero-order valence-corrected chi connectivity index (χ0v) is 11.6. The minimum absolute atomic E-state index is 0.273. The third-order valence-electron chi connectivity index (χ3n) is 2.94. The van der Waals surface area contributed by atoms with Crippen molar-refractivity contribution in [2.75, 3.05) is 25.1 Å². The van der Waals surface area contributed by atoms with Crippen LogP contribution in [0.25, 0.3) is 10.2 Å². The number of unbranched alkanes of at least 4 members (excludes halogenated alkanes) is 2. The molecule has 0 aliphatic heterocycles. The molecule has 0 saturated heterocycles. The molecule has 5 nitrogen and oxygen atoms in total. The van der Waals surface area contributed by atoms with E-state index >= 15 is 0 Å². The van der Waals surface area contributed by atoms with E-state index in [4.69, 9.17) is 5.11 Å². The van der Waals surface area contributed by atoms with Gasteiger partial charge in [-0.2, -0.15) is 4.37 Å². The fourth-order valence-electron chi connectivity index (χ4n) is 1.94. The van der Waals surface area contributed by atoms with Gasteiger partial charge in [0.25, 0.3) is 0 Å². The number of aromatic nitrogens is 3. The van der Waals surface area contributed by atoms with Gasteiger partial charge in [0.1, 0.15) is 17.0 Å². The van der Waals surface area contributed by atoms with E-state index in [1.165, 1.54) is 11.5 Å². The largest absolute Gasteiger partial charge is 0.396 e. The van der Waals surface area contributed by atoms with Crippen LogP contribution < -0.4 is 4.90 Å². The predicted molar refractivity (Wildman–Crippen MR) is 74.2 cm³/mol. The van der Waals surface area contributed by atoms with E-state index in [2.05, 4.69) is 19.2 Å². The Bertz CT molecular complexity index is 514. The Hall–Kier alpha value is -1.27. The van der Waals surface area contributed by atoms with Crippen LogP contribution in [0.3, 0.4) is 0 Å². The first kappa shape index (κ1) is 13.2. The van der Waals surface area contributed by atoms with Crippen LogP contribution in [0, 0.1) is 6.92 Å². The summed E-state index contributed by atoms with van der Waals surface area (Å²) < 4.78 is 4.33. The maximum Gasteiger partial charge on any atom is 0.149 e. The van der Waals surface area contributed by atoms with Gasteiger partial charge < -0.3 is 10.0 Å². The Morgan fingerprint density at radius 2 is 2.11 bits per heavy atom. The van der Waals surface area contributed by atoms with Gasteiger partial charge in [0.2, 0.25) is 0 Å². The van der Waals surface area contributed by atoms with Gasteiger partial charge in [-0.1, -0.05) is 0 Å². The Kier molecular flexibility index (Phi) is 4.43. The fourth-order valence-corrected chi connectivity index (χ4v) is 2.68. The summed E-state index contributed by atoms with van der Waals surface area (Å²) in [5.41, 5.74) is 0.993. The SMILES string of the molecule is Cc1nsc2ncnc(N(C)CCCCCO)c12. The summed E-state index contributed by atoms with van der Waals surface area (Å²) in [4.78, 5) is 11.7. The average molecular weight is 266 g/mol. The van der Waals surface area contributed by atoms with Crippen LogP contribution in [-0.2, 0) is 0 Å². The number of aliphatic hydroxyl groups is 1. The van der Waals surface area contributed by atoms with Crippen molar-refractivity contribution in [3.8, 4) is 0 Å². The molecular weight excluding hydrogens is 248 g/mol. The summed E-state index contributed by atoms with van der Waals surface area (Å²) in [6, 6.07) is 0. The van der Waals surface area contributed by atoms with Crippen LogP contribution in [-0.4, -0.2) is 39.6 Å². The molecule has 0 radical (unpaired) electrons. The van der Waals surface area contributed by atoms with Gasteiger partial charge in [-0.15, -0.1) is 0 Å². The van der Waals surface area contributed by atoms with Crippen LogP contribution in [0.15, 0.2) is 6.33 Å². The zero-order valence-electron chi connectivity index (χ0n) is 10.8. The molecule has 0 bridgehead atoms. The van der Waals surface area contributed by atoms with Gasteiger partial charge in [-0.05, 0) is 37.7 Å². The normalized spacial score (nSPS) is 11.1. The molecule has 0 amide bonds. The van der Waals surface area contributed by atoms with Crippen molar-refractivity contribution in [2.24, 2.45) is 0 Å². The lowest BCUT2D eigenvalue weighted by atomic mass is 10.2. The van der Waals surface area contributed by atoms with Crippen molar-refractivity contribution in [1.29, 1.82) is 0 Å². The van der Waals surface area contributed by atoms with E-state index < -0.39 is 0 Å². The average Bonchev–Trinajstić information content (AvgIpc) is 2.76. The van der Waals surface area contributed by atoms with Crippen LogP contribution in [0.1, 0.15) is 25.0 Å². The lowest BCUT2D eigenvalue weighted by Crippen LogP contribution is -2.20. The third-order valence-corrected chi connectivity index (χ3v) is 3.78. The highest BCUT2D eigenvalue weighted by Gasteiger charge is 2.13. The molecule has 2 heterocycles. The number of hydrogen-bond acceptors (Lipinski definition) is 6. The molecule has 0 aromatic carbocycles. The first-order valence-corrected chi connectivity index (χ1v) is 6.90. The van der Waals surface area contributed by atoms with E-state index in [-0.39, 0.29) is 6.61 Å². The van der Waals surface area contributed by atoms with E-state index in [1.54, 1.807) is 6.33 Å². The standard InChI is InChI=1S/C12H18N4OS/c1-9-10-11(13-8-14-12(10)18-15-9)16(2)6-4-3-5-7-17/h8,17H,3-7H2,1-2H3. The summed E-state index contributed by atoms with van der Waals surface area (Å²) in [7, 11) is 2.04. The quantitative estimate of drug-likeness (QED) is 0.810. The van der Waals surface area contributed by atoms with Crippen molar-refractivity contribution in [1.82, 2.24) is 14.3 Å². The van der Waals surface area contributed by atoms with E-state index in [0.717, 1.165) is 47.5 Å². The Morgan fingerprint density at radius 3 is 2.89 bits per heavy atom. The molecule has 1 N–H and O–H groups in total. The zero-order chi connectivity index (χ0) is 13.0. The number of anilines is 1. The Morgan fingerprint density at radius 1 is 1.28 bits per heavy atom. The van der Waals surface area contributed by atoms with E-state index in [9.17, 15) is 0 Å². The Balaban J connectivity index is 2.12. The van der Waals surface area contributed by atoms with E-state index in [0.29, 0.717) is 0 Å². The highest BCUT2D eigenvalue weighted by molar-refractivity contribution is 7.13. The smallest absolute Gasteiger partial charge is 0.149 e. The minimum Gasteiger partial charge on any atom is -0.396 e. The highest BCUT2D eigenvalue weighted by Crippen LogP contribution is 2.27. The van der Waals surface area contributed by atoms with Gasteiger partial charge in [0, 0.05) is 20.2 Å². The lowest BCUT2D eigenvalue weighted by Gasteiger charge is -2.18. The molecule has 0 aliphatic carbocycles. The molecule has 0 spiro atoms. The van der Waals surface area contributed by atoms with Crippen LogP contribution in [0.5, 0.6) is 0 Å². The second-order valence-corrected chi connectivity index (χ2v) is 5.10. The molecule has 0 fully saturated rings. The molecule has 0 atom stereocenters. The molecule has 98 valence electrons. The molecule has 0 saturated carbocycles. The van der Waals surface area contributed by atoms with Crippen LogP contribution in [0.2, 0.25) is 0 Å². The minimum atomic E-state index is 0.273. The molecule has 6 heteroatoms. The van der Waals surface area contributed by atoms with Crippen LogP contribution >= 0.6 is 11.5 Å². The number of aryl methyl sites for hydroxylation is 1. The van der Waals surface area contributed by atoms with Gasteiger partial charge in [0.05, 0.1) is 11.1 Å². The highest BCUT2D eigenvalue weighted by atomic mass is 32.1. The summed E-state index contributed by atoms with van der Waals surface area (Å²) >= 11 is 1.42. The number of hydrogen-bond donors (Lipinski definition) is 1. The van der Waals surface area contributed by atoms with E-state index in [1.807, 2.05) is 14.0 Å². The molecule has 0 unspecified atom stereocenters. The second kappa shape index (κ2) is 6.06. The van der Waals surface area contributed by atoms with Crippen molar-refractivity contribution < 1.29 is 5.11 Å². The molecule has 0 aliphatic rings. The lowest BCUT2D eigenvalue weighted by molar-refractivity contribution is 0.283. The van der Waals surface area contributed by atoms with Crippen molar-refractivity contribution in [3.05, 3.63) is 12.0 Å². The third kappa shape index (κ3) is 2.76. The molecule has 2 aromatic heterocycles. The first-order valence-electron chi connectivity index (χ1n) is 6.13. The second-order valence-electron chi connectivity index (χ2n) is 4.35. The van der Waals surface area contributed by atoms with Crippen LogP contribution in [0.4, 0.5) is 5.82 Å². The Labute approximate surface area is 111 Å². The topological polar surface area (TPSA) is 62.1 Å². The maximum atomic E-state index is 8.76. The van der Waals surface area contributed by atoms with Gasteiger partial charge >= 0.3 is 0 Å². The van der Waals surface area contributed by atoms with Crippen molar-refractivity contribution in [2.45, 2.75) is 26.2 Å².